The lowest BCUT2D eigenvalue weighted by Gasteiger charge is -2.18. The molecule has 2 rings (SSSR count). The first-order chi connectivity index (χ1) is 10.1. The van der Waals surface area contributed by atoms with Crippen molar-refractivity contribution in [2.75, 3.05) is 13.7 Å². The van der Waals surface area contributed by atoms with Crippen molar-refractivity contribution in [3.8, 4) is 5.75 Å². The van der Waals surface area contributed by atoms with E-state index in [4.69, 9.17) is 4.74 Å². The number of halogens is 1. The maximum Gasteiger partial charge on any atom is 0.119 e. The lowest BCUT2D eigenvalue weighted by Crippen LogP contribution is -2.20. The molecule has 1 atom stereocenters. The Morgan fingerprint density at radius 1 is 1.43 bits per heavy atom. The van der Waals surface area contributed by atoms with Gasteiger partial charge in [0.05, 0.1) is 22.5 Å². The number of nitrogens with one attached hydrogen (secondary N) is 1. The molecule has 114 valence electrons. The van der Waals surface area contributed by atoms with E-state index in [2.05, 4.69) is 38.5 Å². The third kappa shape index (κ3) is 3.66. The molecule has 0 bridgehead atoms. The quantitative estimate of drug-likeness (QED) is 0.866. The van der Waals surface area contributed by atoms with E-state index < -0.39 is 0 Å². The lowest BCUT2D eigenvalue weighted by atomic mass is 10.0. The van der Waals surface area contributed by atoms with Crippen LogP contribution >= 0.6 is 15.9 Å². The number of likely N-dealkylation sites (N-methyl/N-ethyl adjacent to an activating group) is 1. The molecule has 0 aliphatic carbocycles. The molecule has 1 unspecified atom stereocenters. The summed E-state index contributed by atoms with van der Waals surface area (Å²) in [4.78, 5) is 0. The third-order valence-electron chi connectivity index (χ3n) is 3.58. The predicted molar refractivity (Wildman–Crippen MR) is 88.8 cm³/mol. The first-order valence-electron chi connectivity index (χ1n) is 7.14. The largest absolute Gasteiger partial charge is 0.494 e. The minimum absolute atomic E-state index is 0.219. The Morgan fingerprint density at radius 3 is 2.76 bits per heavy atom. The van der Waals surface area contributed by atoms with E-state index in [1.54, 1.807) is 0 Å². The smallest absolute Gasteiger partial charge is 0.119 e. The number of aryl methyl sites for hydroxylation is 2. The Balaban J connectivity index is 2.25. The summed E-state index contributed by atoms with van der Waals surface area (Å²) < 4.78 is 8.62. The van der Waals surface area contributed by atoms with Crippen LogP contribution in [0.1, 0.15) is 29.9 Å². The van der Waals surface area contributed by atoms with Gasteiger partial charge in [-0.2, -0.15) is 5.10 Å². The van der Waals surface area contributed by atoms with E-state index in [1.807, 2.05) is 44.8 Å². The molecular formula is C16H22BrN3O. The van der Waals surface area contributed by atoms with Crippen molar-refractivity contribution in [1.82, 2.24) is 15.1 Å². The number of aromatic nitrogens is 2. The summed E-state index contributed by atoms with van der Waals surface area (Å²) in [5.74, 6) is 0.913. The summed E-state index contributed by atoms with van der Waals surface area (Å²) in [5.41, 5.74) is 3.42. The number of ether oxygens (including phenoxy) is 1. The van der Waals surface area contributed by atoms with Crippen LogP contribution in [-0.2, 0) is 13.5 Å². The molecule has 0 aliphatic rings. The first-order valence-corrected chi connectivity index (χ1v) is 7.94. The molecule has 1 aromatic heterocycles. The molecule has 1 heterocycles. The molecule has 0 spiro atoms. The summed E-state index contributed by atoms with van der Waals surface area (Å²) in [6.45, 7) is 4.69. The minimum Gasteiger partial charge on any atom is -0.494 e. The number of benzene rings is 1. The number of hydrogen-bond donors (Lipinski definition) is 1. The predicted octanol–water partition coefficient (Wildman–Crippen LogP) is 3.39. The molecule has 0 saturated carbocycles. The summed E-state index contributed by atoms with van der Waals surface area (Å²) in [5, 5.41) is 7.84. The van der Waals surface area contributed by atoms with Gasteiger partial charge < -0.3 is 10.1 Å². The van der Waals surface area contributed by atoms with E-state index >= 15 is 0 Å². The second-order valence-corrected chi connectivity index (χ2v) is 5.81. The van der Waals surface area contributed by atoms with Crippen LogP contribution in [-0.4, -0.2) is 23.4 Å². The van der Waals surface area contributed by atoms with Crippen LogP contribution in [0.4, 0.5) is 0 Å². The molecule has 0 aliphatic heterocycles. The van der Waals surface area contributed by atoms with Gasteiger partial charge in [-0.3, -0.25) is 4.68 Å². The normalized spacial score (nSPS) is 12.4. The van der Waals surface area contributed by atoms with Crippen molar-refractivity contribution in [2.45, 2.75) is 26.3 Å². The monoisotopic (exact) mass is 351 g/mol. The molecular weight excluding hydrogens is 330 g/mol. The van der Waals surface area contributed by atoms with Gasteiger partial charge in [0.15, 0.2) is 0 Å². The molecule has 0 amide bonds. The maximum absolute atomic E-state index is 5.59. The highest BCUT2D eigenvalue weighted by Crippen LogP contribution is 2.27. The summed E-state index contributed by atoms with van der Waals surface area (Å²) >= 11 is 3.63. The molecule has 0 fully saturated rings. The van der Waals surface area contributed by atoms with E-state index in [0.717, 1.165) is 22.3 Å². The van der Waals surface area contributed by atoms with Gasteiger partial charge in [-0.15, -0.1) is 0 Å². The van der Waals surface area contributed by atoms with E-state index in [0.29, 0.717) is 6.61 Å². The van der Waals surface area contributed by atoms with Crippen molar-refractivity contribution in [3.63, 3.8) is 0 Å². The van der Waals surface area contributed by atoms with E-state index in [9.17, 15) is 0 Å². The average molecular weight is 352 g/mol. The fraction of sp³-hybridized carbons (Fsp3) is 0.438. The number of rotatable bonds is 6. The number of hydrogen-bond acceptors (Lipinski definition) is 3. The van der Waals surface area contributed by atoms with Crippen LogP contribution in [0.3, 0.4) is 0 Å². The van der Waals surface area contributed by atoms with Gasteiger partial charge in [0.1, 0.15) is 5.75 Å². The molecule has 2 aromatic rings. The Kier molecular flexibility index (Phi) is 5.42. The van der Waals surface area contributed by atoms with Gasteiger partial charge in [-0.1, -0.05) is 12.1 Å². The van der Waals surface area contributed by atoms with Crippen molar-refractivity contribution >= 4 is 15.9 Å². The third-order valence-corrected chi connectivity index (χ3v) is 4.61. The molecule has 0 saturated heterocycles. The van der Waals surface area contributed by atoms with Crippen molar-refractivity contribution in [2.24, 2.45) is 7.05 Å². The van der Waals surface area contributed by atoms with Crippen molar-refractivity contribution in [1.29, 1.82) is 0 Å². The van der Waals surface area contributed by atoms with Crippen LogP contribution in [0.2, 0.25) is 0 Å². The number of nitrogens with zero attached hydrogens (tertiary/aromatic N) is 2. The van der Waals surface area contributed by atoms with Crippen LogP contribution in [0, 0.1) is 6.92 Å². The van der Waals surface area contributed by atoms with Gasteiger partial charge in [0.25, 0.3) is 0 Å². The van der Waals surface area contributed by atoms with Crippen LogP contribution in [0.15, 0.2) is 28.7 Å². The highest BCUT2D eigenvalue weighted by atomic mass is 79.9. The first kappa shape index (κ1) is 16.0. The van der Waals surface area contributed by atoms with Crippen molar-refractivity contribution < 1.29 is 4.74 Å². The standard InChI is InChI=1S/C16H22BrN3O/c1-5-21-13-8-6-7-12(9-13)14(18-3)10-15-16(17)11(2)19-20(15)4/h6-9,14,18H,5,10H2,1-4H3. The fourth-order valence-corrected chi connectivity index (χ4v) is 2.97. The zero-order valence-corrected chi connectivity index (χ0v) is 14.6. The van der Waals surface area contributed by atoms with Crippen LogP contribution < -0.4 is 10.1 Å². The SMILES string of the molecule is CCOc1cccc(C(Cc2c(Br)c(C)nn2C)NC)c1. The Hall–Kier alpha value is -1.33. The Bertz CT molecular complexity index is 610. The van der Waals surface area contributed by atoms with Crippen molar-refractivity contribution in [3.05, 3.63) is 45.7 Å². The van der Waals surface area contributed by atoms with Gasteiger partial charge in [-0.05, 0) is 54.5 Å². The molecule has 21 heavy (non-hydrogen) atoms. The highest BCUT2D eigenvalue weighted by molar-refractivity contribution is 9.10. The van der Waals surface area contributed by atoms with E-state index in [1.165, 1.54) is 11.3 Å². The van der Waals surface area contributed by atoms with Crippen LogP contribution in [0.25, 0.3) is 0 Å². The molecule has 0 radical (unpaired) electrons. The van der Waals surface area contributed by atoms with Gasteiger partial charge in [0, 0.05) is 19.5 Å². The Morgan fingerprint density at radius 2 is 2.19 bits per heavy atom. The van der Waals surface area contributed by atoms with E-state index in [-0.39, 0.29) is 6.04 Å². The van der Waals surface area contributed by atoms with Gasteiger partial charge in [-0.25, -0.2) is 0 Å². The molecule has 1 aromatic carbocycles. The zero-order valence-electron chi connectivity index (χ0n) is 13.0. The maximum atomic E-state index is 5.59. The Labute approximate surface area is 134 Å². The summed E-state index contributed by atoms with van der Waals surface area (Å²) in [7, 11) is 3.96. The average Bonchev–Trinajstić information content (AvgIpc) is 2.71. The van der Waals surface area contributed by atoms with Crippen LogP contribution in [0.5, 0.6) is 5.75 Å². The summed E-state index contributed by atoms with van der Waals surface area (Å²) in [6, 6.07) is 8.47. The second kappa shape index (κ2) is 7.09. The lowest BCUT2D eigenvalue weighted by molar-refractivity contribution is 0.339. The molecule has 1 N–H and O–H groups in total. The molecule has 5 heteroatoms. The topological polar surface area (TPSA) is 39.1 Å². The minimum atomic E-state index is 0.219. The molecule has 4 nitrogen and oxygen atoms in total. The highest BCUT2D eigenvalue weighted by Gasteiger charge is 2.17. The van der Waals surface area contributed by atoms with Gasteiger partial charge >= 0.3 is 0 Å². The van der Waals surface area contributed by atoms with Gasteiger partial charge in [0.2, 0.25) is 0 Å². The summed E-state index contributed by atoms with van der Waals surface area (Å²) in [6.07, 6.45) is 0.865. The second-order valence-electron chi connectivity index (χ2n) is 5.02. The fourth-order valence-electron chi connectivity index (χ4n) is 2.47. The zero-order chi connectivity index (χ0) is 15.4.